The van der Waals surface area contributed by atoms with E-state index in [1.807, 2.05) is 0 Å². The maximum atomic E-state index is 11.3. The monoisotopic (exact) mass is 339 g/mol. The zero-order valence-electron chi connectivity index (χ0n) is 9.20. The molecular weight excluding hydrogens is 328 g/mol. The Kier molecular flexibility index (Phi) is 7.48. The van der Waals surface area contributed by atoms with Crippen molar-refractivity contribution in [2.75, 3.05) is 6.61 Å². The Morgan fingerprint density at radius 3 is 1.89 bits per heavy atom. The minimum Gasteiger partial charge on any atom is -0.394 e. The van der Waals surface area contributed by atoms with Crippen LogP contribution in [0.5, 0.6) is 0 Å². The SMILES string of the molecule is O=C(NC(=O)C(Cl)(Cl)Cl)[C@@H](O)[C@@H](O)[C@H](O)[C@H](O)CO. The molecule has 0 radical (unpaired) electrons. The lowest BCUT2D eigenvalue weighted by molar-refractivity contribution is -0.151. The van der Waals surface area contributed by atoms with Crippen molar-refractivity contribution in [1.29, 1.82) is 0 Å². The fourth-order valence-corrected chi connectivity index (χ4v) is 1.08. The van der Waals surface area contributed by atoms with E-state index in [0.717, 1.165) is 0 Å². The highest BCUT2D eigenvalue weighted by atomic mass is 35.6. The molecule has 11 heteroatoms. The molecule has 0 aromatic heterocycles. The second kappa shape index (κ2) is 7.55. The van der Waals surface area contributed by atoms with Gasteiger partial charge < -0.3 is 25.5 Å². The largest absolute Gasteiger partial charge is 0.394 e. The zero-order valence-corrected chi connectivity index (χ0v) is 11.5. The number of halogens is 3. The summed E-state index contributed by atoms with van der Waals surface area (Å²) in [5.41, 5.74) is 0. The van der Waals surface area contributed by atoms with Crippen molar-refractivity contribution in [2.24, 2.45) is 0 Å². The Hall–Kier alpha value is -0.190. The quantitative estimate of drug-likeness (QED) is 0.302. The van der Waals surface area contributed by atoms with Gasteiger partial charge >= 0.3 is 0 Å². The number of nitrogens with one attached hydrogen (secondary N) is 1. The molecule has 0 fully saturated rings. The van der Waals surface area contributed by atoms with Crippen molar-refractivity contribution >= 4 is 46.6 Å². The second-order valence-corrected chi connectivity index (χ2v) is 5.77. The first-order valence-corrected chi connectivity index (χ1v) is 5.91. The van der Waals surface area contributed by atoms with Gasteiger partial charge in [-0.2, -0.15) is 0 Å². The molecule has 0 aliphatic rings. The van der Waals surface area contributed by atoms with Crippen LogP contribution in [0.4, 0.5) is 0 Å². The van der Waals surface area contributed by atoms with Gasteiger partial charge in [-0.3, -0.25) is 14.9 Å². The van der Waals surface area contributed by atoms with Gasteiger partial charge in [-0.25, -0.2) is 0 Å². The van der Waals surface area contributed by atoms with Gasteiger partial charge in [0.05, 0.1) is 6.61 Å². The molecule has 0 aliphatic carbocycles. The first-order valence-electron chi connectivity index (χ1n) is 4.77. The average Bonchev–Trinajstić information content (AvgIpc) is 2.33. The maximum absolute atomic E-state index is 11.3. The van der Waals surface area contributed by atoms with E-state index in [2.05, 4.69) is 0 Å². The third-order valence-corrected chi connectivity index (χ3v) is 2.53. The lowest BCUT2D eigenvalue weighted by atomic mass is 10.0. The van der Waals surface area contributed by atoms with E-state index in [1.165, 1.54) is 5.32 Å². The zero-order chi connectivity index (χ0) is 15.4. The number of alkyl halides is 3. The van der Waals surface area contributed by atoms with Crippen molar-refractivity contribution in [3.8, 4) is 0 Å². The van der Waals surface area contributed by atoms with E-state index < -0.39 is 46.6 Å². The third-order valence-electron chi connectivity index (χ3n) is 2.02. The molecule has 0 bridgehead atoms. The fourth-order valence-electron chi connectivity index (χ4n) is 0.934. The number of amides is 2. The Morgan fingerprint density at radius 2 is 1.53 bits per heavy atom. The van der Waals surface area contributed by atoms with Crippen molar-refractivity contribution in [3.05, 3.63) is 0 Å². The van der Waals surface area contributed by atoms with E-state index in [4.69, 9.17) is 45.0 Å². The van der Waals surface area contributed by atoms with Crippen LogP contribution in [0.15, 0.2) is 0 Å². The van der Waals surface area contributed by atoms with E-state index in [0.29, 0.717) is 0 Å². The van der Waals surface area contributed by atoms with Crippen LogP contribution in [0.2, 0.25) is 0 Å². The smallest absolute Gasteiger partial charge is 0.278 e. The van der Waals surface area contributed by atoms with Crippen LogP contribution in [0.3, 0.4) is 0 Å². The molecule has 2 amide bonds. The minimum absolute atomic E-state index is 0.917. The summed E-state index contributed by atoms with van der Waals surface area (Å²) in [5, 5.41) is 46.9. The predicted molar refractivity (Wildman–Crippen MR) is 64.6 cm³/mol. The normalized spacial score (nSPS) is 18.3. The van der Waals surface area contributed by atoms with Crippen LogP contribution in [0, 0.1) is 0 Å². The first kappa shape index (κ1) is 18.8. The van der Waals surface area contributed by atoms with Gasteiger partial charge in [-0.05, 0) is 0 Å². The molecule has 0 aromatic rings. The number of carbonyl (C=O) groups excluding carboxylic acids is 2. The first-order chi connectivity index (χ1) is 8.52. The Morgan fingerprint density at radius 1 is 1.05 bits per heavy atom. The molecular formula is C8H12Cl3NO7. The fraction of sp³-hybridized carbons (Fsp3) is 0.750. The summed E-state index contributed by atoms with van der Waals surface area (Å²) in [5.74, 6) is -2.82. The van der Waals surface area contributed by atoms with E-state index in [-0.39, 0.29) is 0 Å². The summed E-state index contributed by atoms with van der Waals surface area (Å²) in [4.78, 5) is 22.4. The summed E-state index contributed by atoms with van der Waals surface area (Å²) < 4.78 is -2.45. The van der Waals surface area contributed by atoms with Gasteiger partial charge in [-0.15, -0.1) is 0 Å². The molecule has 19 heavy (non-hydrogen) atoms. The van der Waals surface area contributed by atoms with Crippen LogP contribution in [-0.4, -0.2) is 72.2 Å². The van der Waals surface area contributed by atoms with Gasteiger partial charge in [-0.1, -0.05) is 34.8 Å². The van der Waals surface area contributed by atoms with Gasteiger partial charge in [0.2, 0.25) is 0 Å². The standard InChI is InChI=1S/C8H12Cl3NO7/c9-8(10,11)7(19)12-6(18)5(17)4(16)3(15)2(14)1-13/h2-5,13-17H,1H2,(H,12,18,19)/t2-,3-,4+,5+/m1/s1. The number of aliphatic hydroxyl groups is 5. The third kappa shape index (κ3) is 5.76. The maximum Gasteiger partial charge on any atom is 0.278 e. The summed E-state index contributed by atoms with van der Waals surface area (Å²) >= 11 is 15.4. The average molecular weight is 341 g/mol. The summed E-state index contributed by atoms with van der Waals surface area (Å²) in [6.45, 7) is -0.917. The van der Waals surface area contributed by atoms with Crippen LogP contribution in [-0.2, 0) is 9.59 Å². The van der Waals surface area contributed by atoms with Crippen LogP contribution >= 0.6 is 34.8 Å². The van der Waals surface area contributed by atoms with Gasteiger partial charge in [0.25, 0.3) is 15.6 Å². The molecule has 0 aliphatic heterocycles. The van der Waals surface area contributed by atoms with Gasteiger partial charge in [0, 0.05) is 0 Å². The molecule has 6 N–H and O–H groups in total. The van der Waals surface area contributed by atoms with E-state index in [9.17, 15) is 24.9 Å². The molecule has 0 aromatic carbocycles. The van der Waals surface area contributed by atoms with Gasteiger partial charge in [0.1, 0.15) is 18.3 Å². The summed E-state index contributed by atoms with van der Waals surface area (Å²) in [7, 11) is 0. The molecule has 0 rings (SSSR count). The molecule has 0 saturated heterocycles. The molecule has 112 valence electrons. The lowest BCUT2D eigenvalue weighted by Gasteiger charge is -2.25. The number of rotatable bonds is 5. The lowest BCUT2D eigenvalue weighted by Crippen LogP contribution is -2.53. The summed E-state index contributed by atoms with van der Waals surface area (Å²) in [6, 6.07) is 0. The number of carbonyl (C=O) groups is 2. The van der Waals surface area contributed by atoms with Crippen molar-refractivity contribution in [3.63, 3.8) is 0 Å². The van der Waals surface area contributed by atoms with Crippen molar-refractivity contribution in [1.82, 2.24) is 5.32 Å². The number of hydrogen-bond donors (Lipinski definition) is 6. The van der Waals surface area contributed by atoms with E-state index >= 15 is 0 Å². The van der Waals surface area contributed by atoms with Crippen LogP contribution in [0.1, 0.15) is 0 Å². The van der Waals surface area contributed by atoms with Crippen LogP contribution < -0.4 is 5.32 Å². The Balaban J connectivity index is 4.61. The highest BCUT2D eigenvalue weighted by Crippen LogP contribution is 2.25. The van der Waals surface area contributed by atoms with Crippen LogP contribution in [0.25, 0.3) is 0 Å². The molecule has 4 atom stereocenters. The minimum atomic E-state index is -2.45. The predicted octanol–water partition coefficient (Wildman–Crippen LogP) is -2.56. The molecule has 0 spiro atoms. The number of hydrogen-bond acceptors (Lipinski definition) is 7. The Labute approximate surface area is 122 Å². The highest BCUT2D eigenvalue weighted by molar-refractivity contribution is 6.76. The summed E-state index contributed by atoms with van der Waals surface area (Å²) in [6.07, 6.45) is -8.26. The molecule has 0 heterocycles. The number of aliphatic hydroxyl groups excluding tert-OH is 5. The topological polar surface area (TPSA) is 147 Å². The van der Waals surface area contributed by atoms with E-state index in [1.54, 1.807) is 0 Å². The second-order valence-electron chi connectivity index (χ2n) is 3.49. The van der Waals surface area contributed by atoms with Gasteiger partial charge in [0.15, 0.2) is 6.10 Å². The highest BCUT2D eigenvalue weighted by Gasteiger charge is 2.38. The Bertz CT molecular complexity index is 335. The van der Waals surface area contributed by atoms with Crippen molar-refractivity contribution in [2.45, 2.75) is 28.2 Å². The molecule has 8 nitrogen and oxygen atoms in total. The molecule has 0 saturated carbocycles. The number of imide groups is 1. The molecule has 0 unspecified atom stereocenters. The van der Waals surface area contributed by atoms with Crippen molar-refractivity contribution < 1.29 is 35.1 Å².